The van der Waals surface area contributed by atoms with Gasteiger partial charge in [-0.15, -0.1) is 5.10 Å². The van der Waals surface area contributed by atoms with Gasteiger partial charge in [-0.25, -0.2) is 4.68 Å². The molecular weight excluding hydrogens is 297 g/mol. The molecule has 0 aliphatic carbocycles. The number of aromatic nitrogens is 3. The van der Waals surface area contributed by atoms with Crippen LogP contribution in [0.15, 0.2) is 36.7 Å². The Morgan fingerprint density at radius 2 is 1.85 bits per heavy atom. The van der Waals surface area contributed by atoms with Gasteiger partial charge in [-0.1, -0.05) is 31.0 Å². The highest BCUT2D eigenvalue weighted by molar-refractivity contribution is 8.07. The van der Waals surface area contributed by atoms with E-state index in [0.29, 0.717) is 0 Å². The molecule has 2 rings (SSSR count). The molecule has 1 aromatic carbocycles. The molecule has 0 N–H and O–H groups in total. The first-order valence-corrected chi connectivity index (χ1v) is 7.77. The lowest BCUT2D eigenvalue weighted by atomic mass is 10.3. The van der Waals surface area contributed by atoms with Crippen molar-refractivity contribution in [2.75, 3.05) is 0 Å². The van der Waals surface area contributed by atoms with Gasteiger partial charge in [0.2, 0.25) is 0 Å². The molecule has 0 aliphatic rings. The molecule has 1 heterocycles. The molecule has 0 bridgehead atoms. The van der Waals surface area contributed by atoms with Crippen LogP contribution >= 0.6 is 6.72 Å². The van der Waals surface area contributed by atoms with Gasteiger partial charge in [0, 0.05) is 17.5 Å². The minimum Gasteiger partial charge on any atom is -0.369 e. The van der Waals surface area contributed by atoms with E-state index in [9.17, 15) is 0 Å². The van der Waals surface area contributed by atoms with E-state index in [1.54, 1.807) is 0 Å². The largest absolute Gasteiger partial charge is 0.509 e. The lowest BCUT2D eigenvalue weighted by molar-refractivity contribution is 0.341. The quantitative estimate of drug-likeness (QED) is 0.624. The van der Waals surface area contributed by atoms with Crippen LogP contribution < -0.4 is 4.52 Å². The lowest BCUT2D eigenvalue weighted by Crippen LogP contribution is -1.99. The summed E-state index contributed by atoms with van der Waals surface area (Å²) in [6, 6.07) is 9.28. The van der Waals surface area contributed by atoms with Crippen molar-refractivity contribution in [3.63, 3.8) is 0 Å². The SMILES string of the molecule is C#COP(=S)(OC#C)Oc1ncn(-c2ccccc2)n1.[HH].[HH].[HH].[HH]. The van der Waals surface area contributed by atoms with Gasteiger partial charge >= 0.3 is 12.7 Å². The van der Waals surface area contributed by atoms with E-state index < -0.39 is 6.72 Å². The molecule has 0 fully saturated rings. The van der Waals surface area contributed by atoms with Crippen LogP contribution in [0.5, 0.6) is 6.01 Å². The van der Waals surface area contributed by atoms with Crippen molar-refractivity contribution in [3.05, 3.63) is 36.7 Å². The molecule has 0 saturated heterocycles. The summed E-state index contributed by atoms with van der Waals surface area (Å²) in [5.41, 5.74) is 0.805. The fourth-order valence-electron chi connectivity index (χ4n) is 1.28. The maximum atomic E-state index is 5.24. The molecule has 0 saturated carbocycles. The third kappa shape index (κ3) is 3.30. The first-order chi connectivity index (χ1) is 9.67. The number of nitrogens with zero attached hydrogens (tertiary/aromatic N) is 3. The van der Waals surface area contributed by atoms with Crippen LogP contribution in [-0.2, 0) is 20.9 Å². The van der Waals surface area contributed by atoms with E-state index in [1.807, 2.05) is 42.5 Å². The molecule has 2 aromatic rings. The molecule has 0 aliphatic heterocycles. The average Bonchev–Trinajstić information content (AvgIpc) is 2.88. The molecule has 0 unspecified atom stereocenters. The lowest BCUT2D eigenvalue weighted by Gasteiger charge is -2.13. The Kier molecular flexibility index (Phi) is 4.27. The zero-order chi connectivity index (χ0) is 14.4. The van der Waals surface area contributed by atoms with Crippen LogP contribution in [0.4, 0.5) is 0 Å². The van der Waals surface area contributed by atoms with Gasteiger partial charge in [-0.05, 0) is 12.1 Å². The van der Waals surface area contributed by atoms with Crippen molar-refractivity contribution in [1.29, 1.82) is 0 Å². The number of benzene rings is 1. The van der Waals surface area contributed by atoms with E-state index in [2.05, 4.69) is 10.1 Å². The number of hydrogen-bond donors (Lipinski definition) is 0. The standard InChI is InChI=1S/C12H8N3O3PS.4H2/c1-3-16-19(20,17-4-2)18-12-13-10-15(14-12)11-8-6-5-7-9-11;;;;/h1-2,5-10H;4*1H. The predicted molar refractivity (Wildman–Crippen MR) is 84.6 cm³/mol. The third-order valence-corrected chi connectivity index (χ3v) is 3.73. The summed E-state index contributed by atoms with van der Waals surface area (Å²) in [7, 11) is 0. The van der Waals surface area contributed by atoms with Crippen molar-refractivity contribution in [2.45, 2.75) is 0 Å². The molecule has 0 atom stereocenters. The van der Waals surface area contributed by atoms with E-state index in [-0.39, 0.29) is 11.7 Å². The Bertz CT molecular complexity index is 713. The molecule has 8 heteroatoms. The fourth-order valence-corrected chi connectivity index (χ4v) is 2.39. The van der Waals surface area contributed by atoms with E-state index >= 15 is 0 Å². The number of rotatable bonds is 5. The van der Waals surface area contributed by atoms with Gasteiger partial charge in [0.25, 0.3) is 0 Å². The minimum absolute atomic E-state index is 0. The molecule has 108 valence electrons. The van der Waals surface area contributed by atoms with Gasteiger partial charge in [0.1, 0.15) is 18.5 Å². The molecular formula is C12H16N3O3PS. The second kappa shape index (κ2) is 6.12. The number of terminal acetylenes is 2. The highest BCUT2D eigenvalue weighted by Gasteiger charge is 2.26. The monoisotopic (exact) mass is 313 g/mol. The van der Waals surface area contributed by atoms with Crippen molar-refractivity contribution >= 4 is 18.5 Å². The van der Waals surface area contributed by atoms with Crippen LogP contribution in [0, 0.1) is 25.1 Å². The van der Waals surface area contributed by atoms with Crippen LogP contribution in [0.25, 0.3) is 5.69 Å². The van der Waals surface area contributed by atoms with E-state index in [1.165, 1.54) is 11.0 Å². The van der Waals surface area contributed by atoms with Gasteiger partial charge in [0.15, 0.2) is 0 Å². The average molecular weight is 313 g/mol. The molecule has 0 amide bonds. The normalized spacial score (nSPS) is 10.1. The summed E-state index contributed by atoms with van der Waals surface area (Å²) in [5.74, 6) is 0. The highest BCUT2D eigenvalue weighted by atomic mass is 32.5. The first-order valence-electron chi connectivity index (χ1n) is 5.22. The smallest absolute Gasteiger partial charge is 0.369 e. The molecule has 6 nitrogen and oxygen atoms in total. The Hall–Kier alpha value is -2.47. The summed E-state index contributed by atoms with van der Waals surface area (Å²) < 4.78 is 16.3. The van der Waals surface area contributed by atoms with Gasteiger partial charge in [0.05, 0.1) is 5.69 Å². The number of para-hydroxylation sites is 1. The third-order valence-electron chi connectivity index (χ3n) is 2.01. The maximum absolute atomic E-state index is 5.24. The Morgan fingerprint density at radius 3 is 2.45 bits per heavy atom. The Balaban J connectivity index is -0.00000110. The zero-order valence-corrected chi connectivity index (χ0v) is 11.8. The summed E-state index contributed by atoms with van der Waals surface area (Å²) in [4.78, 5) is 3.94. The fraction of sp³-hybridized carbons (Fsp3) is 0. The van der Waals surface area contributed by atoms with Crippen molar-refractivity contribution in [2.24, 2.45) is 0 Å². The summed E-state index contributed by atoms with van der Waals surface area (Å²) >= 11 is 4.98. The van der Waals surface area contributed by atoms with E-state index in [0.717, 1.165) is 5.69 Å². The number of hydrogen-bond acceptors (Lipinski definition) is 6. The van der Waals surface area contributed by atoms with Gasteiger partial charge < -0.3 is 13.6 Å². The highest BCUT2D eigenvalue weighted by Crippen LogP contribution is 2.48. The van der Waals surface area contributed by atoms with Crippen LogP contribution in [0.1, 0.15) is 5.71 Å². The topological polar surface area (TPSA) is 58.4 Å². The molecule has 0 spiro atoms. The van der Waals surface area contributed by atoms with E-state index in [4.69, 9.17) is 38.2 Å². The molecule has 0 radical (unpaired) electrons. The second-order valence-electron chi connectivity index (χ2n) is 3.26. The Morgan fingerprint density at radius 1 is 1.20 bits per heavy atom. The first kappa shape index (κ1) is 14.0. The van der Waals surface area contributed by atoms with Crippen LogP contribution in [-0.4, -0.2) is 14.8 Å². The summed E-state index contributed by atoms with van der Waals surface area (Å²) in [6.45, 7) is -3.30. The zero-order valence-electron chi connectivity index (χ0n) is 10.0. The summed E-state index contributed by atoms with van der Waals surface area (Å²) in [6.07, 6.45) is 15.3. The molecule has 1 aromatic heterocycles. The second-order valence-corrected chi connectivity index (χ2v) is 6.05. The van der Waals surface area contributed by atoms with Gasteiger partial charge in [-0.3, -0.25) is 0 Å². The van der Waals surface area contributed by atoms with Crippen LogP contribution in [0.2, 0.25) is 0 Å². The summed E-state index contributed by atoms with van der Waals surface area (Å²) in [5, 5.41) is 4.08. The van der Waals surface area contributed by atoms with Gasteiger partial charge in [-0.2, -0.15) is 4.98 Å². The van der Waals surface area contributed by atoms with Crippen LogP contribution in [0.3, 0.4) is 0 Å². The van der Waals surface area contributed by atoms with Crippen molar-refractivity contribution in [3.8, 4) is 36.8 Å². The maximum Gasteiger partial charge on any atom is 0.509 e. The minimum atomic E-state index is -3.30. The molecule has 20 heavy (non-hydrogen) atoms. The predicted octanol–water partition coefficient (Wildman–Crippen LogP) is 3.07. The van der Waals surface area contributed by atoms with Crippen molar-refractivity contribution < 1.29 is 19.3 Å². The Labute approximate surface area is 126 Å². The van der Waals surface area contributed by atoms with Crippen molar-refractivity contribution in [1.82, 2.24) is 14.8 Å².